The third kappa shape index (κ3) is 10.6. The second-order valence-corrected chi connectivity index (χ2v) is 18.8. The average Bonchev–Trinajstić information content (AvgIpc) is 3.94. The number of hydrogen-bond acceptors (Lipinski definition) is 7. The molecule has 3 atom stereocenters. The van der Waals surface area contributed by atoms with E-state index >= 15 is 0 Å². The molecule has 4 rings (SSSR count). The third-order valence-electron chi connectivity index (χ3n) is 10.5. The Balaban J connectivity index is 1.47. The minimum atomic E-state index is -3.74. The number of carbonyl (C=O) groups excluding carboxylic acids is 5. The van der Waals surface area contributed by atoms with Gasteiger partial charge in [-0.3, -0.25) is 19.2 Å². The molecule has 3 saturated carbocycles. The summed E-state index contributed by atoms with van der Waals surface area (Å²) in [6, 6.07) is -3.93. The Hall–Kier alpha value is -2.74. The molecule has 284 valence electrons. The molecule has 50 heavy (non-hydrogen) atoms. The minimum Gasteiger partial charge on any atom is -0.347 e. The van der Waals surface area contributed by atoms with E-state index < -0.39 is 68.6 Å². The largest absolute Gasteiger partial charge is 0.347 e. The van der Waals surface area contributed by atoms with Crippen molar-refractivity contribution in [2.24, 2.45) is 11.3 Å². The van der Waals surface area contributed by atoms with Crippen LogP contribution < -0.4 is 21.3 Å². The lowest BCUT2D eigenvalue weighted by Crippen LogP contribution is -2.63. The predicted molar refractivity (Wildman–Crippen MR) is 191 cm³/mol. The fourth-order valence-corrected chi connectivity index (χ4v) is 10.2. The van der Waals surface area contributed by atoms with E-state index in [0.717, 1.165) is 51.4 Å². The van der Waals surface area contributed by atoms with Gasteiger partial charge in [-0.2, -0.15) is 4.31 Å². The minimum absolute atomic E-state index is 0.0142. The van der Waals surface area contributed by atoms with Gasteiger partial charge in [0, 0.05) is 24.7 Å². The molecule has 1 saturated heterocycles. The first-order valence-electron chi connectivity index (χ1n) is 18.9. The van der Waals surface area contributed by atoms with Crippen LogP contribution in [-0.4, -0.2) is 101 Å². The van der Waals surface area contributed by atoms with Crippen LogP contribution in [0.4, 0.5) is 4.79 Å². The second-order valence-electron chi connectivity index (χ2n) is 16.9. The average molecular weight is 723 g/mol. The highest BCUT2D eigenvalue weighted by Gasteiger charge is 2.45. The van der Waals surface area contributed by atoms with Crippen LogP contribution in [0.25, 0.3) is 0 Å². The summed E-state index contributed by atoms with van der Waals surface area (Å²) in [5.41, 5.74) is -1.74. The zero-order valence-electron chi connectivity index (χ0n) is 31.3. The number of rotatable bonds is 16. The first-order chi connectivity index (χ1) is 23.3. The third-order valence-corrected chi connectivity index (χ3v) is 12.9. The maximum Gasteiger partial charge on any atom is 0.315 e. The molecule has 1 aliphatic heterocycles. The van der Waals surface area contributed by atoms with Gasteiger partial charge in [-0.05, 0) is 90.4 Å². The van der Waals surface area contributed by atoms with E-state index in [1.807, 2.05) is 48.5 Å². The van der Waals surface area contributed by atoms with Gasteiger partial charge in [-0.25, -0.2) is 13.2 Å². The normalized spacial score (nSPS) is 22.3. The Labute approximate surface area is 299 Å². The van der Waals surface area contributed by atoms with Crippen LogP contribution in [-0.2, 0) is 29.2 Å². The molecule has 13 nitrogen and oxygen atoms in total. The summed E-state index contributed by atoms with van der Waals surface area (Å²) in [4.78, 5) is 69.0. The Morgan fingerprint density at radius 2 is 1.48 bits per heavy atom. The van der Waals surface area contributed by atoms with Gasteiger partial charge < -0.3 is 26.2 Å². The number of Topliss-reactive ketones (excluding diaryl/α,β-unsaturated/α-hetero) is 1. The molecule has 3 aliphatic carbocycles. The van der Waals surface area contributed by atoms with Crippen molar-refractivity contribution >= 4 is 39.6 Å². The van der Waals surface area contributed by atoms with Crippen LogP contribution in [0.5, 0.6) is 0 Å². The first-order valence-corrected chi connectivity index (χ1v) is 20.5. The molecule has 0 aromatic heterocycles. The van der Waals surface area contributed by atoms with Crippen LogP contribution in [0.3, 0.4) is 0 Å². The molecular weight excluding hydrogens is 660 g/mol. The molecule has 4 N–H and O–H groups in total. The monoisotopic (exact) mass is 722 g/mol. The van der Waals surface area contributed by atoms with Crippen LogP contribution >= 0.6 is 0 Å². The van der Waals surface area contributed by atoms with E-state index in [0.29, 0.717) is 44.6 Å². The molecule has 0 aromatic carbocycles. The van der Waals surface area contributed by atoms with E-state index in [-0.39, 0.29) is 23.9 Å². The number of likely N-dealkylation sites (tertiary alicyclic amines) is 1. The van der Waals surface area contributed by atoms with Gasteiger partial charge in [0.15, 0.2) is 0 Å². The summed E-state index contributed by atoms with van der Waals surface area (Å²) >= 11 is 0. The number of carbonyl (C=O) groups is 5. The van der Waals surface area contributed by atoms with Gasteiger partial charge in [0.25, 0.3) is 5.91 Å². The van der Waals surface area contributed by atoms with Crippen LogP contribution in [0, 0.1) is 11.3 Å². The molecule has 4 aliphatic rings. The Morgan fingerprint density at radius 3 is 2.02 bits per heavy atom. The van der Waals surface area contributed by atoms with E-state index in [4.69, 9.17) is 0 Å². The molecular formula is C36H62N6O7S. The van der Waals surface area contributed by atoms with Crippen molar-refractivity contribution in [3.63, 3.8) is 0 Å². The van der Waals surface area contributed by atoms with Crippen molar-refractivity contribution < 1.29 is 32.4 Å². The van der Waals surface area contributed by atoms with Gasteiger partial charge in [-0.15, -0.1) is 0 Å². The maximum absolute atomic E-state index is 14.2. The molecule has 5 amide bonds. The highest BCUT2D eigenvalue weighted by Crippen LogP contribution is 2.35. The lowest BCUT2D eigenvalue weighted by Gasteiger charge is -2.41. The van der Waals surface area contributed by atoms with Gasteiger partial charge in [-0.1, -0.05) is 52.9 Å². The number of hydrogen-bond donors (Lipinski definition) is 4. The van der Waals surface area contributed by atoms with Crippen molar-refractivity contribution in [2.75, 3.05) is 12.3 Å². The van der Waals surface area contributed by atoms with Gasteiger partial charge in [0.05, 0.1) is 17.3 Å². The van der Waals surface area contributed by atoms with Gasteiger partial charge in [0.2, 0.25) is 27.6 Å². The SMILES string of the molecule is CC(C)N(C(C)C)S(=O)(=O)CC1(NC(=O)N[C@H](C(=O)N2CCC[C@H]2C(=O)N[C@@H](CCC2CC2)C(=O)C(=O)NC2CC2)C(C)(C)C)CCCCC1. The fourth-order valence-electron chi connectivity index (χ4n) is 7.71. The van der Waals surface area contributed by atoms with E-state index in [9.17, 15) is 32.4 Å². The van der Waals surface area contributed by atoms with Gasteiger partial charge in [0.1, 0.15) is 12.1 Å². The maximum atomic E-state index is 14.2. The molecule has 0 spiro atoms. The highest BCUT2D eigenvalue weighted by atomic mass is 32.2. The zero-order chi connectivity index (χ0) is 37.0. The Morgan fingerprint density at radius 1 is 0.860 bits per heavy atom. The number of sulfonamides is 1. The quantitative estimate of drug-likeness (QED) is 0.177. The first kappa shape index (κ1) is 40.0. The second kappa shape index (κ2) is 16.3. The summed E-state index contributed by atoms with van der Waals surface area (Å²) in [6.07, 6.45) is 9.41. The number of nitrogens with one attached hydrogen (secondary N) is 4. The van der Waals surface area contributed by atoms with Crippen molar-refractivity contribution in [3.8, 4) is 0 Å². The van der Waals surface area contributed by atoms with Crippen LogP contribution in [0.2, 0.25) is 0 Å². The van der Waals surface area contributed by atoms with Crippen molar-refractivity contribution in [2.45, 2.75) is 174 Å². The molecule has 1 heterocycles. The molecule has 0 radical (unpaired) electrons. The molecule has 0 bridgehead atoms. The lowest BCUT2D eigenvalue weighted by molar-refractivity contribution is -0.143. The van der Waals surface area contributed by atoms with Gasteiger partial charge >= 0.3 is 6.03 Å². The number of nitrogens with zero attached hydrogens (tertiary/aromatic N) is 2. The topological polar surface area (TPSA) is 174 Å². The summed E-state index contributed by atoms with van der Waals surface area (Å²) in [5, 5.41) is 11.4. The Bertz CT molecular complexity index is 1350. The predicted octanol–water partition coefficient (Wildman–Crippen LogP) is 3.37. The molecule has 0 unspecified atom stereocenters. The van der Waals surface area contributed by atoms with Crippen LogP contribution in [0.1, 0.15) is 132 Å². The van der Waals surface area contributed by atoms with E-state index in [2.05, 4.69) is 21.3 Å². The number of amides is 5. The summed E-state index contributed by atoms with van der Waals surface area (Å²) < 4.78 is 28.9. The fraction of sp³-hybridized carbons (Fsp3) is 0.861. The summed E-state index contributed by atoms with van der Waals surface area (Å²) in [5.74, 6) is -1.97. The smallest absolute Gasteiger partial charge is 0.315 e. The van der Waals surface area contributed by atoms with Crippen molar-refractivity contribution in [1.29, 1.82) is 0 Å². The van der Waals surface area contributed by atoms with E-state index in [1.165, 1.54) is 9.21 Å². The Kier molecular flexibility index (Phi) is 13.0. The zero-order valence-corrected chi connectivity index (χ0v) is 32.1. The van der Waals surface area contributed by atoms with Crippen molar-refractivity contribution in [3.05, 3.63) is 0 Å². The molecule has 14 heteroatoms. The van der Waals surface area contributed by atoms with E-state index in [1.54, 1.807) is 0 Å². The lowest BCUT2D eigenvalue weighted by atomic mass is 9.83. The number of urea groups is 1. The van der Waals surface area contributed by atoms with Crippen LogP contribution in [0.15, 0.2) is 0 Å². The standard InChI is InChI=1S/C36H62N6O7S/c1-23(2)42(24(3)4)50(48,49)22-36(19-9-8-10-20-36)40-34(47)39-30(35(5,6)7)33(46)41-21-11-12-28(41)31(44)38-27(18-15-25-13-14-25)29(43)32(45)37-26-16-17-26/h23-28,30H,8-22H2,1-7H3,(H,37,45)(H,38,44)(H2,39,40,47)/t27-,28-,30+/m0/s1. The molecule has 0 aromatic rings. The van der Waals surface area contributed by atoms with Crippen molar-refractivity contribution in [1.82, 2.24) is 30.5 Å². The summed E-state index contributed by atoms with van der Waals surface area (Å²) in [6.45, 7) is 13.2. The summed E-state index contributed by atoms with van der Waals surface area (Å²) in [7, 11) is -3.74. The molecule has 4 fully saturated rings. The highest BCUT2D eigenvalue weighted by molar-refractivity contribution is 7.89. The number of ketones is 1.